The highest BCUT2D eigenvalue weighted by Crippen LogP contribution is 2.56. The first-order valence-corrected chi connectivity index (χ1v) is 31.7. The molecule has 2 aromatic rings. The molecule has 32 nitrogen and oxygen atoms in total. The molecule has 5 amide bonds. The van der Waals surface area contributed by atoms with Gasteiger partial charge in [-0.3, -0.25) is 37.4 Å². The molecule has 5 heterocycles. The van der Waals surface area contributed by atoms with E-state index in [0.717, 1.165) is 112 Å². The first kappa shape index (κ1) is 72.6. The van der Waals surface area contributed by atoms with Crippen molar-refractivity contribution in [3.8, 4) is 0 Å². The number of unbranched alkanes of at least 4 members (excludes halogenated alkanes) is 9. The molecule has 3 aliphatic heterocycles. The van der Waals surface area contributed by atoms with Crippen LogP contribution in [0, 0.1) is 5.41 Å². The van der Waals surface area contributed by atoms with Crippen LogP contribution in [0.3, 0.4) is 0 Å². The van der Waals surface area contributed by atoms with Crippen molar-refractivity contribution < 1.29 is 90.1 Å². The third kappa shape index (κ3) is 24.0. The van der Waals surface area contributed by atoms with E-state index in [0.29, 0.717) is 30.4 Å². The highest BCUT2D eigenvalue weighted by Gasteiger charge is 2.48. The van der Waals surface area contributed by atoms with Crippen molar-refractivity contribution >= 4 is 92.8 Å². The van der Waals surface area contributed by atoms with Crippen LogP contribution in [0.5, 0.6) is 0 Å². The number of amides is 5. The molecule has 80 heavy (non-hydrogen) atoms. The molecule has 22 N–H and O–H groups in total. The number of phosphoric acid groups is 3. The van der Waals surface area contributed by atoms with Crippen LogP contribution in [0.15, 0.2) is 12.7 Å². The lowest BCUT2D eigenvalue weighted by Crippen LogP contribution is -2.46. The summed E-state index contributed by atoms with van der Waals surface area (Å²) in [5, 5.41) is 35.9. The Hall–Kier alpha value is -3.47. The zero-order valence-electron chi connectivity index (χ0n) is 45.7. The number of nitrogens with one attached hydrogen (secondary N) is 5. The SMILES string of the molecule is CC(C)(COP(=O)([O-])OP(=O)([O-])OC[C@H]1O[C@@H](n2cnc3c(N)ncnc32)C(O)[C@H]1OP(=O)([O-])O)[C@@H](O)C(=O)NCCC(=O)NCCSC(=O)CCCCCCCCCCCNC(=O)CCCC[C@@H]1SC[C@@H]2NC(=O)N[C@@H]21.[NH4+].[NH4+].[NH4+]. The lowest BCUT2D eigenvalue weighted by Gasteiger charge is -2.35. The lowest BCUT2D eigenvalue weighted by atomic mass is 9.87. The summed E-state index contributed by atoms with van der Waals surface area (Å²) in [6.45, 7) is 0.828. The van der Waals surface area contributed by atoms with Crippen molar-refractivity contribution in [3.05, 3.63) is 12.7 Å². The second kappa shape index (κ2) is 34.3. The summed E-state index contributed by atoms with van der Waals surface area (Å²) in [6, 6.07) is 0.342. The number of phosphoric ester groups is 3. The van der Waals surface area contributed by atoms with Gasteiger partial charge in [-0.05, 0) is 25.7 Å². The molecule has 5 rings (SSSR count). The Morgan fingerprint density at radius 2 is 1.50 bits per heavy atom. The molecular weight excluding hydrogens is 1160 g/mol. The Kier molecular flexibility index (Phi) is 31.2. The number of thioether (sulfide) groups is 2. The molecule has 4 unspecified atom stereocenters. The summed E-state index contributed by atoms with van der Waals surface area (Å²) in [7, 11) is -17.4. The molecule has 0 bridgehead atoms. The third-order valence-corrected chi connectivity index (χ3v) is 18.2. The molecule has 0 saturated carbocycles. The number of rotatable bonds is 36. The fourth-order valence-electron chi connectivity index (χ4n) is 8.57. The topological polar surface area (TPSA) is 552 Å². The molecule has 0 spiro atoms. The number of aromatic nitrogens is 4. The van der Waals surface area contributed by atoms with Gasteiger partial charge in [-0.15, -0.1) is 0 Å². The number of urea groups is 1. The van der Waals surface area contributed by atoms with Gasteiger partial charge in [0, 0.05) is 61.1 Å². The zero-order chi connectivity index (χ0) is 56.4. The van der Waals surface area contributed by atoms with Crippen molar-refractivity contribution in [2.75, 3.05) is 50.1 Å². The smallest absolute Gasteiger partial charge is 0.315 e. The number of aliphatic hydroxyl groups is 2. The van der Waals surface area contributed by atoms with Crippen molar-refractivity contribution in [2.24, 2.45) is 5.41 Å². The van der Waals surface area contributed by atoms with Crippen molar-refractivity contribution in [2.45, 2.75) is 158 Å². The molecular formula is C43H82N13O19P3S2. The highest BCUT2D eigenvalue weighted by atomic mass is 32.2. The molecule has 460 valence electrons. The third-order valence-electron chi connectivity index (χ3n) is 12.7. The van der Waals surface area contributed by atoms with Gasteiger partial charge in [0.25, 0.3) is 23.5 Å². The van der Waals surface area contributed by atoms with Crippen molar-refractivity contribution in [3.63, 3.8) is 0 Å². The molecule has 3 aliphatic rings. The van der Waals surface area contributed by atoms with Gasteiger partial charge in [0.15, 0.2) is 22.8 Å². The number of nitrogens with zero attached hydrogens (tertiary/aromatic N) is 4. The number of ether oxygens (including phenoxy) is 1. The second-order valence-corrected chi connectivity index (χ2v) is 25.9. The summed E-state index contributed by atoms with van der Waals surface area (Å²) in [4.78, 5) is 119. The summed E-state index contributed by atoms with van der Waals surface area (Å²) in [5.74, 6) is -0.154. The number of nitrogen functional groups attached to an aromatic ring is 1. The van der Waals surface area contributed by atoms with Crippen LogP contribution in [-0.2, 0) is 55.5 Å². The number of carbonyl (C=O) groups is 5. The van der Waals surface area contributed by atoms with Crippen LogP contribution in [0.4, 0.5) is 10.6 Å². The van der Waals surface area contributed by atoms with Crippen molar-refractivity contribution in [1.29, 1.82) is 0 Å². The predicted molar refractivity (Wildman–Crippen MR) is 292 cm³/mol. The molecule has 37 heteroatoms. The van der Waals surface area contributed by atoms with E-state index in [2.05, 4.69) is 59.4 Å². The summed E-state index contributed by atoms with van der Waals surface area (Å²) < 4.78 is 61.2. The monoisotopic (exact) mass is 1240 g/mol. The standard InChI is InChI=1S/C43H73N10O19P3S2.3H3N/c1-43(2,24-69-75(66,67)72-74(64,65)68-22-28-36(71-73(61,62)63)35(57)41(70-28)53-26-50-34-38(44)48-25-49-39(34)53)37(58)40(59)47-19-17-31(55)46-20-21-76-32(56)16-10-8-6-4-3-5-7-9-13-18-45-30(54)15-12-11-14-29-33-27(23-77-29)51-42(60)52-33;;;/h25-29,33,35-37,41,57-58H,3-24H2,1-2H3,(H,45,54)(H,46,55)(H,47,59)(H,64,65)(H,66,67)(H2,44,48,49)(H2,51,52,60)(H2,61,62,63);3*1H3/t27-,28+,29-,33-,35?,36-,37-,41+;;;/m0.../s1. The number of imidazole rings is 1. The van der Waals surface area contributed by atoms with E-state index in [1.807, 2.05) is 11.8 Å². The number of hydrogen-bond donors (Lipinski definition) is 12. The van der Waals surface area contributed by atoms with Gasteiger partial charge in [-0.2, -0.15) is 11.8 Å². The first-order valence-electron chi connectivity index (χ1n) is 25.3. The first-order chi connectivity index (χ1) is 36.3. The molecule has 0 aliphatic carbocycles. The fourth-order valence-corrected chi connectivity index (χ4v) is 13.6. The number of fused-ring (bicyclic) bond motifs is 2. The van der Waals surface area contributed by atoms with Crippen LogP contribution in [0.25, 0.3) is 11.2 Å². The summed E-state index contributed by atoms with van der Waals surface area (Å²) in [6.07, 6.45) is 5.56. The van der Waals surface area contributed by atoms with E-state index < -0.39 is 84.6 Å². The number of hydrogen-bond acceptors (Lipinski definition) is 24. The molecule has 0 aromatic carbocycles. The van der Waals surface area contributed by atoms with E-state index in [9.17, 15) is 67.5 Å². The Balaban J connectivity index is 0.00000729. The minimum absolute atomic E-state index is 0. The Morgan fingerprint density at radius 3 is 2.19 bits per heavy atom. The Labute approximate surface area is 472 Å². The van der Waals surface area contributed by atoms with Gasteiger partial charge in [0.2, 0.25) is 17.7 Å². The van der Waals surface area contributed by atoms with Crippen LogP contribution < -0.4 is 65.4 Å². The van der Waals surface area contributed by atoms with Crippen LogP contribution in [0.2, 0.25) is 0 Å². The Morgan fingerprint density at radius 1 is 0.875 bits per heavy atom. The average Bonchev–Trinajstić information content (AvgIpc) is 4.13. The van der Waals surface area contributed by atoms with E-state index in [4.69, 9.17) is 10.5 Å². The van der Waals surface area contributed by atoms with Crippen LogP contribution in [-0.4, -0.2) is 150 Å². The number of nitrogens with two attached hydrogens (primary N) is 1. The summed E-state index contributed by atoms with van der Waals surface area (Å²) >= 11 is 3.00. The quantitative estimate of drug-likeness (QED) is 0.0262. The van der Waals surface area contributed by atoms with E-state index in [1.165, 1.54) is 13.8 Å². The van der Waals surface area contributed by atoms with Gasteiger partial charge in [0.1, 0.15) is 36.3 Å². The molecule has 0 radical (unpaired) electrons. The summed E-state index contributed by atoms with van der Waals surface area (Å²) in [5.41, 5.74) is 4.11. The van der Waals surface area contributed by atoms with Gasteiger partial charge >= 0.3 is 6.03 Å². The fraction of sp³-hybridized carbons (Fsp3) is 0.767. The van der Waals surface area contributed by atoms with Crippen LogP contribution >= 0.6 is 47.0 Å². The van der Waals surface area contributed by atoms with E-state index in [1.54, 1.807) is 0 Å². The average molecular weight is 1240 g/mol. The maximum absolute atomic E-state index is 12.7. The number of anilines is 1. The zero-order valence-corrected chi connectivity index (χ0v) is 50.0. The number of carbonyl (C=O) groups excluding carboxylic acids is 5. The molecule has 2 aromatic heterocycles. The van der Waals surface area contributed by atoms with Gasteiger partial charge in [-0.1, -0.05) is 77.0 Å². The van der Waals surface area contributed by atoms with Crippen molar-refractivity contribution in [1.82, 2.24) is 64.6 Å². The highest BCUT2D eigenvalue weighted by molar-refractivity contribution is 8.13. The maximum atomic E-state index is 12.7. The largest absolute Gasteiger partial charge is 0.756 e. The maximum Gasteiger partial charge on any atom is 0.315 e. The minimum Gasteiger partial charge on any atom is -0.756 e. The second-order valence-electron chi connectivity index (χ2n) is 19.4. The minimum atomic E-state index is -5.92. The lowest BCUT2D eigenvalue weighted by molar-refractivity contribution is -0.247. The van der Waals surface area contributed by atoms with Gasteiger partial charge in [-0.25, -0.2) is 24.1 Å². The van der Waals surface area contributed by atoms with Gasteiger partial charge < -0.3 is 98.9 Å². The Bertz CT molecular complexity index is 2450. The van der Waals surface area contributed by atoms with E-state index in [-0.39, 0.29) is 84.1 Å². The number of quaternary nitrogens is 3. The molecule has 11 atom stereocenters. The normalized spacial score (nSPS) is 23.1. The molecule has 3 fully saturated rings. The predicted octanol–water partition coefficient (Wildman–Crippen LogP) is 1.64. The van der Waals surface area contributed by atoms with E-state index >= 15 is 0 Å². The van der Waals surface area contributed by atoms with Gasteiger partial charge in [0.05, 0.1) is 31.6 Å². The number of aliphatic hydroxyl groups excluding tert-OH is 2. The molecule has 3 saturated heterocycles. The van der Waals surface area contributed by atoms with Crippen LogP contribution in [0.1, 0.15) is 116 Å².